The molecule has 0 bridgehead atoms. The van der Waals surface area contributed by atoms with E-state index in [-0.39, 0.29) is 24.0 Å². The number of amides is 1. The van der Waals surface area contributed by atoms with Crippen molar-refractivity contribution >= 4 is 5.91 Å². The highest BCUT2D eigenvalue weighted by Gasteiger charge is 2.50. The molecule has 4 heteroatoms. The molecular formula is C19H28N2O2. The third-order valence-corrected chi connectivity index (χ3v) is 5.80. The number of carbonyl (C=O) groups excluding carboxylic acids is 1. The van der Waals surface area contributed by atoms with Gasteiger partial charge in [0, 0.05) is 32.3 Å². The predicted octanol–water partition coefficient (Wildman–Crippen LogP) is 2.24. The van der Waals surface area contributed by atoms with Crippen LogP contribution in [-0.2, 0) is 4.79 Å². The summed E-state index contributed by atoms with van der Waals surface area (Å²) in [5, 5.41) is 8.90. The molecule has 2 fully saturated rings. The van der Waals surface area contributed by atoms with Crippen LogP contribution in [0.3, 0.4) is 0 Å². The molecule has 4 nitrogen and oxygen atoms in total. The van der Waals surface area contributed by atoms with Crippen molar-refractivity contribution < 1.29 is 9.90 Å². The summed E-state index contributed by atoms with van der Waals surface area (Å²) in [6.07, 6.45) is 5.03. The van der Waals surface area contributed by atoms with Crippen molar-refractivity contribution in [1.82, 2.24) is 9.80 Å². The summed E-state index contributed by atoms with van der Waals surface area (Å²) in [6, 6.07) is 10.2. The van der Waals surface area contributed by atoms with Crippen LogP contribution >= 0.6 is 0 Å². The molecule has 1 atom stereocenters. The lowest BCUT2D eigenvalue weighted by Crippen LogP contribution is -2.51. The minimum atomic E-state index is 0.0298. The lowest BCUT2D eigenvalue weighted by molar-refractivity contribution is -0.131. The van der Waals surface area contributed by atoms with Crippen LogP contribution in [0.15, 0.2) is 30.3 Å². The average Bonchev–Trinajstić information content (AvgIpc) is 2.83. The first-order chi connectivity index (χ1) is 11.2. The lowest BCUT2D eigenvalue weighted by Gasteiger charge is -2.43. The van der Waals surface area contributed by atoms with Crippen LogP contribution in [0.4, 0.5) is 0 Å². The summed E-state index contributed by atoms with van der Waals surface area (Å²) in [7, 11) is 1.99. The lowest BCUT2D eigenvalue weighted by atomic mass is 9.81. The maximum absolute atomic E-state index is 12.8. The zero-order valence-electron chi connectivity index (χ0n) is 14.1. The van der Waals surface area contributed by atoms with Gasteiger partial charge >= 0.3 is 0 Å². The van der Waals surface area contributed by atoms with E-state index < -0.39 is 0 Å². The zero-order chi connectivity index (χ0) is 16.3. The molecule has 2 heterocycles. The molecule has 2 aliphatic heterocycles. The second kappa shape index (κ2) is 7.02. The number of aliphatic hydroxyl groups is 1. The van der Waals surface area contributed by atoms with Crippen LogP contribution in [0.2, 0.25) is 0 Å². The first-order valence-corrected chi connectivity index (χ1v) is 8.82. The van der Waals surface area contributed by atoms with Crippen LogP contribution in [0.1, 0.15) is 43.6 Å². The standard InChI is InChI=1S/C19H28N2O2/c1-20-18(23)17(16-7-3-2-4-8-16)15-19(20)9-12-21(13-10-19)11-5-6-14-22/h2-4,7-8,17,22H,5-6,9-15H2,1H3. The van der Waals surface area contributed by atoms with Crippen LogP contribution in [0, 0.1) is 0 Å². The van der Waals surface area contributed by atoms with Crippen molar-refractivity contribution in [2.75, 3.05) is 33.3 Å². The Hall–Kier alpha value is -1.39. The molecule has 1 N–H and O–H groups in total. The van der Waals surface area contributed by atoms with Gasteiger partial charge in [0.15, 0.2) is 0 Å². The second-order valence-corrected chi connectivity index (χ2v) is 7.06. The molecule has 1 spiro atoms. The summed E-state index contributed by atoms with van der Waals surface area (Å²) >= 11 is 0. The second-order valence-electron chi connectivity index (χ2n) is 7.06. The fraction of sp³-hybridized carbons (Fsp3) is 0.632. The molecule has 1 aromatic rings. The molecule has 1 aromatic carbocycles. The van der Waals surface area contributed by atoms with Crippen LogP contribution in [0.5, 0.6) is 0 Å². The minimum absolute atomic E-state index is 0.0298. The van der Waals surface area contributed by atoms with Crippen molar-refractivity contribution in [2.45, 2.75) is 43.6 Å². The average molecular weight is 316 g/mol. The largest absolute Gasteiger partial charge is 0.396 e. The topological polar surface area (TPSA) is 43.8 Å². The third kappa shape index (κ3) is 3.29. The van der Waals surface area contributed by atoms with Gasteiger partial charge in [-0.05, 0) is 44.2 Å². The molecule has 126 valence electrons. The molecule has 0 aliphatic carbocycles. The van der Waals surface area contributed by atoms with Crippen molar-refractivity contribution in [3.8, 4) is 0 Å². The van der Waals surface area contributed by atoms with Crippen molar-refractivity contribution in [2.24, 2.45) is 0 Å². The number of hydrogen-bond donors (Lipinski definition) is 1. The summed E-state index contributed by atoms with van der Waals surface area (Å²) < 4.78 is 0. The maximum atomic E-state index is 12.8. The van der Waals surface area contributed by atoms with E-state index in [1.165, 1.54) is 0 Å². The van der Waals surface area contributed by atoms with E-state index in [0.717, 1.165) is 57.3 Å². The summed E-state index contributed by atoms with van der Waals surface area (Å²) in [5.41, 5.74) is 1.21. The molecule has 0 aromatic heterocycles. The van der Waals surface area contributed by atoms with Gasteiger partial charge in [0.1, 0.15) is 0 Å². The van der Waals surface area contributed by atoms with E-state index >= 15 is 0 Å². The molecule has 3 rings (SSSR count). The zero-order valence-corrected chi connectivity index (χ0v) is 14.1. The van der Waals surface area contributed by atoms with Crippen molar-refractivity contribution in [3.05, 3.63) is 35.9 Å². The van der Waals surface area contributed by atoms with Crippen LogP contribution in [-0.4, -0.2) is 59.6 Å². The van der Waals surface area contributed by atoms with Crippen LogP contribution in [0.25, 0.3) is 0 Å². The van der Waals surface area contributed by atoms with Gasteiger partial charge in [-0.1, -0.05) is 30.3 Å². The Labute approximate surface area is 139 Å². The third-order valence-electron chi connectivity index (χ3n) is 5.80. The summed E-state index contributed by atoms with van der Waals surface area (Å²) in [6.45, 7) is 3.47. The Balaban J connectivity index is 1.64. The monoisotopic (exact) mass is 316 g/mol. The fourth-order valence-electron chi connectivity index (χ4n) is 4.20. The smallest absolute Gasteiger partial charge is 0.230 e. The fourth-order valence-corrected chi connectivity index (χ4v) is 4.20. The number of carbonyl (C=O) groups is 1. The highest BCUT2D eigenvalue weighted by atomic mass is 16.2. The van der Waals surface area contributed by atoms with Crippen LogP contribution < -0.4 is 0 Å². The number of rotatable bonds is 5. The Morgan fingerprint density at radius 3 is 2.52 bits per heavy atom. The van der Waals surface area contributed by atoms with E-state index in [4.69, 9.17) is 5.11 Å². The van der Waals surface area contributed by atoms with Gasteiger partial charge in [-0.15, -0.1) is 0 Å². The highest BCUT2D eigenvalue weighted by molar-refractivity contribution is 5.87. The van der Waals surface area contributed by atoms with E-state index in [0.29, 0.717) is 0 Å². The molecule has 2 saturated heterocycles. The normalized spacial score (nSPS) is 24.5. The quantitative estimate of drug-likeness (QED) is 0.847. The number of piperidine rings is 1. The number of aliphatic hydroxyl groups excluding tert-OH is 1. The maximum Gasteiger partial charge on any atom is 0.230 e. The summed E-state index contributed by atoms with van der Waals surface area (Å²) in [4.78, 5) is 17.3. The van der Waals surface area contributed by atoms with E-state index in [2.05, 4.69) is 17.0 Å². The number of hydrogen-bond acceptors (Lipinski definition) is 3. The van der Waals surface area contributed by atoms with Gasteiger partial charge in [0.2, 0.25) is 5.91 Å². The number of likely N-dealkylation sites (N-methyl/N-ethyl adjacent to an activating group) is 1. The van der Waals surface area contributed by atoms with Gasteiger partial charge in [0.05, 0.1) is 5.92 Å². The van der Waals surface area contributed by atoms with E-state index in [1.54, 1.807) is 0 Å². The van der Waals surface area contributed by atoms with E-state index in [9.17, 15) is 4.79 Å². The first kappa shape index (κ1) is 16.5. The Morgan fingerprint density at radius 2 is 1.87 bits per heavy atom. The van der Waals surface area contributed by atoms with Gasteiger partial charge in [-0.3, -0.25) is 4.79 Å². The predicted molar refractivity (Wildman–Crippen MR) is 91.3 cm³/mol. The molecule has 0 saturated carbocycles. The van der Waals surface area contributed by atoms with Gasteiger partial charge in [-0.2, -0.15) is 0 Å². The van der Waals surface area contributed by atoms with Crippen molar-refractivity contribution in [3.63, 3.8) is 0 Å². The van der Waals surface area contributed by atoms with Crippen molar-refractivity contribution in [1.29, 1.82) is 0 Å². The molecule has 1 unspecified atom stereocenters. The molecule has 0 radical (unpaired) electrons. The van der Waals surface area contributed by atoms with Gasteiger partial charge < -0.3 is 14.9 Å². The Kier molecular flexibility index (Phi) is 5.02. The van der Waals surface area contributed by atoms with E-state index in [1.807, 2.05) is 30.1 Å². The van der Waals surface area contributed by atoms with Gasteiger partial charge in [0.25, 0.3) is 0 Å². The Bertz CT molecular complexity index is 523. The number of likely N-dealkylation sites (tertiary alicyclic amines) is 2. The SMILES string of the molecule is CN1C(=O)C(c2ccccc2)CC12CCN(CCCCO)CC2. The minimum Gasteiger partial charge on any atom is -0.396 e. The Morgan fingerprint density at radius 1 is 1.17 bits per heavy atom. The first-order valence-electron chi connectivity index (χ1n) is 8.82. The number of benzene rings is 1. The summed E-state index contributed by atoms with van der Waals surface area (Å²) in [5.74, 6) is 0.312. The molecular weight excluding hydrogens is 288 g/mol. The van der Waals surface area contributed by atoms with Gasteiger partial charge in [-0.25, -0.2) is 0 Å². The number of nitrogens with zero attached hydrogens (tertiary/aromatic N) is 2. The highest BCUT2D eigenvalue weighted by Crippen LogP contribution is 2.44. The molecule has 1 amide bonds. The number of unbranched alkanes of at least 4 members (excludes halogenated alkanes) is 1. The molecule has 2 aliphatic rings. The molecule has 23 heavy (non-hydrogen) atoms.